The van der Waals surface area contributed by atoms with Crippen molar-refractivity contribution in [1.82, 2.24) is 19.9 Å². The molecule has 0 saturated heterocycles. The molecule has 1 aliphatic carbocycles. The Bertz CT molecular complexity index is 1680. The molecule has 4 aromatic rings. The van der Waals surface area contributed by atoms with E-state index in [-0.39, 0.29) is 45.5 Å². The van der Waals surface area contributed by atoms with Crippen LogP contribution in [0.2, 0.25) is 0 Å². The molecule has 0 radical (unpaired) electrons. The van der Waals surface area contributed by atoms with E-state index in [1.165, 1.54) is 30.5 Å². The molecule has 5 rings (SSSR count). The molecule has 0 amide bonds. The Morgan fingerprint density at radius 3 is 2.33 bits per heavy atom. The van der Waals surface area contributed by atoms with Crippen molar-refractivity contribution < 1.29 is 26.0 Å². The summed E-state index contributed by atoms with van der Waals surface area (Å²) in [4.78, 5) is 15.2. The Morgan fingerprint density at radius 2 is 1.69 bits per heavy atom. The Labute approximate surface area is 241 Å². The van der Waals surface area contributed by atoms with E-state index in [0.717, 1.165) is 49.9 Å². The maximum atomic E-state index is 15.0. The number of anilines is 2. The number of fused-ring (bicyclic) bond motifs is 1. The summed E-state index contributed by atoms with van der Waals surface area (Å²) < 4.78 is 83.6. The van der Waals surface area contributed by atoms with Crippen molar-refractivity contribution in [2.24, 2.45) is 0 Å². The van der Waals surface area contributed by atoms with Gasteiger partial charge >= 0.3 is 0 Å². The van der Waals surface area contributed by atoms with Gasteiger partial charge in [0.25, 0.3) is 6.43 Å². The molecule has 2 N–H and O–H groups in total. The largest absolute Gasteiger partial charge is 0.351 e. The summed E-state index contributed by atoms with van der Waals surface area (Å²) in [7, 11) is 0.0907. The molecule has 2 aromatic heterocycles. The van der Waals surface area contributed by atoms with Gasteiger partial charge < -0.3 is 10.2 Å². The van der Waals surface area contributed by atoms with Crippen molar-refractivity contribution >= 4 is 32.7 Å². The van der Waals surface area contributed by atoms with Gasteiger partial charge in [0.1, 0.15) is 22.7 Å². The molecule has 1 fully saturated rings. The molecule has 0 unspecified atom stereocenters. The van der Waals surface area contributed by atoms with Crippen LogP contribution in [0.3, 0.4) is 0 Å². The summed E-state index contributed by atoms with van der Waals surface area (Å²) in [6, 6.07) is 10.3. The van der Waals surface area contributed by atoms with Crippen LogP contribution in [0.1, 0.15) is 43.2 Å². The Hall–Kier alpha value is -3.84. The topological polar surface area (TPSA) is 100 Å². The van der Waals surface area contributed by atoms with Gasteiger partial charge in [-0.15, -0.1) is 0 Å². The smallest absolute Gasteiger partial charge is 0.266 e. The molecule has 2 aromatic carbocycles. The fraction of sp³-hybridized carbons (Fsp3) is 0.345. The third kappa shape index (κ3) is 6.96. The van der Waals surface area contributed by atoms with Gasteiger partial charge in [-0.3, -0.25) is 4.72 Å². The molecule has 1 saturated carbocycles. The van der Waals surface area contributed by atoms with Gasteiger partial charge in [0.2, 0.25) is 16.0 Å². The van der Waals surface area contributed by atoms with Crippen molar-refractivity contribution in [2.45, 2.75) is 49.9 Å². The summed E-state index contributed by atoms with van der Waals surface area (Å²) in [5.41, 5.74) is -0.0388. The summed E-state index contributed by atoms with van der Waals surface area (Å²) in [6.45, 7) is 0. The van der Waals surface area contributed by atoms with Crippen LogP contribution in [-0.2, 0) is 15.8 Å². The van der Waals surface area contributed by atoms with E-state index in [4.69, 9.17) is 0 Å². The summed E-state index contributed by atoms with van der Waals surface area (Å²) in [5.74, 6) is -1.68. The van der Waals surface area contributed by atoms with Crippen molar-refractivity contribution in [3.05, 3.63) is 77.5 Å². The van der Waals surface area contributed by atoms with Crippen molar-refractivity contribution in [2.75, 3.05) is 24.1 Å². The monoisotopic (exact) mass is 602 g/mol. The number of sulfonamides is 1. The van der Waals surface area contributed by atoms with E-state index in [9.17, 15) is 26.0 Å². The summed E-state index contributed by atoms with van der Waals surface area (Å²) in [5, 5.41) is 3.26. The van der Waals surface area contributed by atoms with E-state index in [1.807, 2.05) is 0 Å². The number of benzene rings is 2. The minimum atomic E-state index is -4.02. The predicted molar refractivity (Wildman–Crippen MR) is 154 cm³/mol. The first kappa shape index (κ1) is 29.6. The maximum absolute atomic E-state index is 15.0. The second-order valence-corrected chi connectivity index (χ2v) is 12.3. The number of nitrogens with one attached hydrogen (secondary N) is 2. The maximum Gasteiger partial charge on any atom is 0.266 e. The number of aromatic nitrogens is 3. The Morgan fingerprint density at radius 1 is 0.976 bits per heavy atom. The van der Waals surface area contributed by atoms with Crippen LogP contribution in [0.25, 0.3) is 22.3 Å². The number of rotatable bonds is 9. The zero-order valence-corrected chi connectivity index (χ0v) is 23.8. The molecule has 0 bridgehead atoms. The van der Waals surface area contributed by atoms with Crippen molar-refractivity contribution in [3.8, 4) is 11.3 Å². The highest BCUT2D eigenvalue weighted by Gasteiger charge is 2.24. The number of halogens is 4. The molecule has 1 aliphatic rings. The molecule has 8 nitrogen and oxygen atoms in total. The standard InChI is InChI=1S/C29H30F4N6O2S/c1-39(2)21-10-8-20(9-11-21)35-29-34-15-26-27(37-29)22(28(32)33)14-25(36-26)18-5-12-24(23(31)13-18)38-42(40,41)16-17-3-6-19(30)7-4-17/h3-7,12-15,20-21,28,38H,8-11,16H2,1-2H3,(H,34,35,37). The Balaban J connectivity index is 1.36. The summed E-state index contributed by atoms with van der Waals surface area (Å²) in [6.07, 6.45) is 2.32. The molecule has 2 heterocycles. The van der Waals surface area contributed by atoms with Crippen LogP contribution in [0.15, 0.2) is 54.7 Å². The van der Waals surface area contributed by atoms with Gasteiger partial charge in [-0.25, -0.2) is 40.9 Å². The molecular weight excluding hydrogens is 572 g/mol. The highest BCUT2D eigenvalue weighted by molar-refractivity contribution is 7.91. The quantitative estimate of drug-likeness (QED) is 0.222. The van der Waals surface area contributed by atoms with Gasteiger partial charge in [-0.05, 0) is 75.7 Å². The minimum Gasteiger partial charge on any atom is -0.351 e. The van der Waals surface area contributed by atoms with E-state index in [0.29, 0.717) is 11.6 Å². The number of alkyl halides is 2. The van der Waals surface area contributed by atoms with Gasteiger partial charge in [0, 0.05) is 23.2 Å². The van der Waals surface area contributed by atoms with Crippen molar-refractivity contribution in [3.63, 3.8) is 0 Å². The molecule has 0 spiro atoms. The highest BCUT2D eigenvalue weighted by atomic mass is 32.2. The lowest BCUT2D eigenvalue weighted by molar-refractivity contribution is 0.153. The first-order chi connectivity index (χ1) is 20.0. The SMILES string of the molecule is CN(C)C1CCC(Nc2ncc3nc(-c4ccc(NS(=O)(=O)Cc5ccc(F)cc5)c(F)c4)cc(C(F)F)c3n2)CC1. The van der Waals surface area contributed by atoms with E-state index >= 15 is 0 Å². The third-order valence-corrected chi connectivity index (χ3v) is 8.62. The zero-order chi connectivity index (χ0) is 30.0. The highest BCUT2D eigenvalue weighted by Crippen LogP contribution is 2.32. The average molecular weight is 603 g/mol. The second kappa shape index (κ2) is 12.2. The predicted octanol–water partition coefficient (Wildman–Crippen LogP) is 6.13. The van der Waals surface area contributed by atoms with Crippen LogP contribution < -0.4 is 10.0 Å². The number of hydrogen-bond acceptors (Lipinski definition) is 7. The van der Waals surface area contributed by atoms with E-state index < -0.39 is 33.8 Å². The average Bonchev–Trinajstić information content (AvgIpc) is 2.95. The van der Waals surface area contributed by atoms with Crippen LogP contribution in [0.5, 0.6) is 0 Å². The summed E-state index contributed by atoms with van der Waals surface area (Å²) >= 11 is 0. The number of nitrogens with zero attached hydrogens (tertiary/aromatic N) is 4. The van der Waals surface area contributed by atoms with Crippen LogP contribution in [0.4, 0.5) is 29.2 Å². The zero-order valence-electron chi connectivity index (χ0n) is 23.0. The number of hydrogen-bond donors (Lipinski definition) is 2. The molecule has 0 aliphatic heterocycles. The van der Waals surface area contributed by atoms with E-state index in [2.05, 4.69) is 44.0 Å². The molecular formula is C29H30F4N6O2S. The lowest BCUT2D eigenvalue weighted by Gasteiger charge is -2.32. The lowest BCUT2D eigenvalue weighted by atomic mass is 9.91. The van der Waals surface area contributed by atoms with Gasteiger partial charge in [0.05, 0.1) is 23.3 Å². The second-order valence-electron chi connectivity index (χ2n) is 10.6. The Kier molecular flexibility index (Phi) is 8.60. The van der Waals surface area contributed by atoms with Gasteiger partial charge in [-0.2, -0.15) is 0 Å². The van der Waals surface area contributed by atoms with Gasteiger partial charge in [-0.1, -0.05) is 18.2 Å². The third-order valence-electron chi connectivity index (χ3n) is 7.37. The van der Waals surface area contributed by atoms with Gasteiger partial charge in [0.15, 0.2) is 0 Å². The van der Waals surface area contributed by atoms with Crippen molar-refractivity contribution in [1.29, 1.82) is 0 Å². The molecule has 222 valence electrons. The normalized spacial score (nSPS) is 17.6. The first-order valence-corrected chi connectivity index (χ1v) is 15.1. The van der Waals surface area contributed by atoms with E-state index in [1.54, 1.807) is 0 Å². The van der Waals surface area contributed by atoms with Crippen LogP contribution >= 0.6 is 0 Å². The lowest BCUT2D eigenvalue weighted by Crippen LogP contribution is -2.36. The molecule has 13 heteroatoms. The number of pyridine rings is 1. The first-order valence-electron chi connectivity index (χ1n) is 13.4. The molecule has 42 heavy (non-hydrogen) atoms. The van der Waals surface area contributed by atoms with Crippen LogP contribution in [-0.4, -0.2) is 54.4 Å². The minimum absolute atomic E-state index is 0.00104. The molecule has 0 atom stereocenters. The fourth-order valence-corrected chi connectivity index (χ4v) is 6.32. The fourth-order valence-electron chi connectivity index (χ4n) is 5.11. The van der Waals surface area contributed by atoms with Crippen LogP contribution in [0, 0.1) is 11.6 Å².